The van der Waals surface area contributed by atoms with Crippen molar-refractivity contribution in [1.29, 1.82) is 0 Å². The molecule has 5 nitrogen and oxygen atoms in total. The van der Waals surface area contributed by atoms with Gasteiger partial charge in [-0.2, -0.15) is 4.98 Å². The van der Waals surface area contributed by atoms with Gasteiger partial charge >= 0.3 is 6.01 Å². The van der Waals surface area contributed by atoms with Gasteiger partial charge in [-0.1, -0.05) is 0 Å². The van der Waals surface area contributed by atoms with Crippen molar-refractivity contribution in [2.75, 3.05) is 0 Å². The molecule has 0 saturated heterocycles. The summed E-state index contributed by atoms with van der Waals surface area (Å²) in [5, 5.41) is 0. The lowest BCUT2D eigenvalue weighted by Crippen LogP contribution is -2.32. The Balaban J connectivity index is 3.04. The lowest BCUT2D eigenvalue weighted by atomic mass is 10.3. The molecule has 8 heteroatoms. The van der Waals surface area contributed by atoms with E-state index < -0.39 is 25.0 Å². The Morgan fingerprint density at radius 2 is 1.36 bits per heavy atom. The molecule has 1 aromatic rings. The molecule has 1 rings (SSSR count). The van der Waals surface area contributed by atoms with Gasteiger partial charge in [-0.25, -0.2) is 4.98 Å². The van der Waals surface area contributed by atoms with Gasteiger partial charge in [0, 0.05) is 6.20 Å². The summed E-state index contributed by atoms with van der Waals surface area (Å²) < 4.78 is 18.0. The molecular weight excluding hydrogens is 328 g/mol. The molecule has 0 aliphatic carbocycles. The zero-order valence-electron chi connectivity index (χ0n) is 15.4. The van der Waals surface area contributed by atoms with Gasteiger partial charge in [-0.05, 0) is 58.9 Å². The lowest BCUT2D eigenvalue weighted by Gasteiger charge is -2.24. The van der Waals surface area contributed by atoms with E-state index in [9.17, 15) is 0 Å². The molecule has 1 heterocycles. The molecule has 0 aliphatic rings. The van der Waals surface area contributed by atoms with Gasteiger partial charge in [-0.3, -0.25) is 0 Å². The van der Waals surface area contributed by atoms with Crippen molar-refractivity contribution in [2.24, 2.45) is 0 Å². The quantitative estimate of drug-likeness (QED) is 0.682. The number of hydrogen-bond donors (Lipinski definition) is 0. The van der Waals surface area contributed by atoms with Crippen LogP contribution in [0.4, 0.5) is 0 Å². The normalized spacial score (nSPS) is 13.1. The molecule has 0 N–H and O–H groups in total. The summed E-state index contributed by atoms with van der Waals surface area (Å²) in [6.45, 7) is 19.7. The highest BCUT2D eigenvalue weighted by molar-refractivity contribution is 6.71. The minimum atomic E-state index is -1.76. The van der Waals surface area contributed by atoms with Crippen molar-refractivity contribution >= 4 is 25.0 Å². The Morgan fingerprint density at radius 3 is 1.82 bits per heavy atom. The SMILES string of the molecule is C[Si](C)(C)OCc1cnc(O[Si](C)(C)C)nc1O[Si](C)(C)C. The van der Waals surface area contributed by atoms with E-state index in [0.717, 1.165) is 5.56 Å². The van der Waals surface area contributed by atoms with Crippen molar-refractivity contribution in [3.8, 4) is 11.9 Å². The molecule has 1 aromatic heterocycles. The fraction of sp³-hybridized carbons (Fsp3) is 0.714. The minimum Gasteiger partial charge on any atom is -0.531 e. The summed E-state index contributed by atoms with van der Waals surface area (Å²) in [6.07, 6.45) is 1.78. The average molecular weight is 359 g/mol. The van der Waals surface area contributed by atoms with E-state index in [-0.39, 0.29) is 0 Å². The van der Waals surface area contributed by atoms with E-state index in [2.05, 4.69) is 68.9 Å². The van der Waals surface area contributed by atoms with Crippen molar-refractivity contribution in [2.45, 2.75) is 65.5 Å². The van der Waals surface area contributed by atoms with Crippen LogP contribution in [0.1, 0.15) is 5.56 Å². The van der Waals surface area contributed by atoms with Crippen LogP contribution in [0, 0.1) is 0 Å². The van der Waals surface area contributed by atoms with Gasteiger partial charge < -0.3 is 13.3 Å². The zero-order chi connectivity index (χ0) is 17.2. The van der Waals surface area contributed by atoms with Crippen molar-refractivity contribution in [1.82, 2.24) is 9.97 Å². The molecule has 0 fully saturated rings. The second-order valence-electron chi connectivity index (χ2n) is 8.31. The number of nitrogens with zero attached hydrogens (tertiary/aromatic N) is 2. The highest BCUT2D eigenvalue weighted by Crippen LogP contribution is 2.24. The van der Waals surface area contributed by atoms with E-state index in [4.69, 9.17) is 13.3 Å². The zero-order valence-corrected chi connectivity index (χ0v) is 18.4. The second kappa shape index (κ2) is 6.81. The molecule has 22 heavy (non-hydrogen) atoms. The maximum absolute atomic E-state index is 6.11. The van der Waals surface area contributed by atoms with Crippen LogP contribution in [0.5, 0.6) is 11.9 Å². The van der Waals surface area contributed by atoms with Crippen LogP contribution < -0.4 is 8.85 Å². The van der Waals surface area contributed by atoms with E-state index in [1.807, 2.05) is 0 Å². The summed E-state index contributed by atoms with van der Waals surface area (Å²) in [4.78, 5) is 8.82. The fourth-order valence-corrected chi connectivity index (χ4v) is 3.46. The first-order valence-electron chi connectivity index (χ1n) is 7.63. The maximum Gasteiger partial charge on any atom is 0.305 e. The maximum atomic E-state index is 6.11. The van der Waals surface area contributed by atoms with Crippen molar-refractivity contribution in [3.05, 3.63) is 11.8 Å². The molecule has 126 valence electrons. The predicted molar refractivity (Wildman–Crippen MR) is 98.1 cm³/mol. The van der Waals surface area contributed by atoms with Crippen LogP contribution >= 0.6 is 0 Å². The fourth-order valence-electron chi connectivity index (χ4n) is 1.47. The van der Waals surface area contributed by atoms with Crippen molar-refractivity contribution < 1.29 is 13.3 Å². The van der Waals surface area contributed by atoms with Crippen LogP contribution in [0.3, 0.4) is 0 Å². The summed E-state index contributed by atoms with van der Waals surface area (Å²) in [5.41, 5.74) is 0.896. The van der Waals surface area contributed by atoms with Crippen LogP contribution in [0.25, 0.3) is 0 Å². The molecule has 0 radical (unpaired) electrons. The Kier molecular flexibility index (Phi) is 5.99. The first kappa shape index (κ1) is 19.3. The van der Waals surface area contributed by atoms with Gasteiger partial charge in [0.05, 0.1) is 12.2 Å². The van der Waals surface area contributed by atoms with Gasteiger partial charge in [-0.15, -0.1) is 0 Å². The largest absolute Gasteiger partial charge is 0.531 e. The van der Waals surface area contributed by atoms with E-state index in [1.165, 1.54) is 0 Å². The Morgan fingerprint density at radius 1 is 0.818 bits per heavy atom. The molecule has 0 saturated carbocycles. The number of hydrogen-bond acceptors (Lipinski definition) is 5. The summed E-state index contributed by atoms with van der Waals surface area (Å²) in [5.74, 6) is 0.612. The van der Waals surface area contributed by atoms with Crippen LogP contribution in [-0.4, -0.2) is 34.9 Å². The summed E-state index contributed by atoms with van der Waals surface area (Å²) in [6, 6.07) is 0.407. The number of aromatic nitrogens is 2. The van der Waals surface area contributed by atoms with Crippen LogP contribution in [0.2, 0.25) is 58.9 Å². The van der Waals surface area contributed by atoms with Crippen molar-refractivity contribution in [3.63, 3.8) is 0 Å². The third-order valence-electron chi connectivity index (χ3n) is 2.26. The molecule has 0 amide bonds. The third-order valence-corrected chi connectivity index (χ3v) is 4.87. The monoisotopic (exact) mass is 358 g/mol. The van der Waals surface area contributed by atoms with Crippen LogP contribution in [0.15, 0.2) is 6.20 Å². The van der Waals surface area contributed by atoms with Gasteiger partial charge in [0.15, 0.2) is 8.32 Å². The first-order valence-corrected chi connectivity index (χ1v) is 17.9. The molecule has 0 unspecified atom stereocenters. The van der Waals surface area contributed by atoms with Gasteiger partial charge in [0.1, 0.15) is 0 Å². The van der Waals surface area contributed by atoms with Gasteiger partial charge in [0.25, 0.3) is 0 Å². The second-order valence-corrected chi connectivity index (χ2v) is 21.7. The predicted octanol–water partition coefficient (Wildman–Crippen LogP) is 4.26. The molecule has 0 aromatic carbocycles. The minimum absolute atomic E-state index is 0.407. The molecule has 0 spiro atoms. The lowest BCUT2D eigenvalue weighted by molar-refractivity contribution is 0.293. The topological polar surface area (TPSA) is 53.5 Å². The molecule has 0 aliphatic heterocycles. The summed E-state index contributed by atoms with van der Waals surface area (Å²) in [7, 11) is -5.10. The standard InChI is InChI=1S/C14H30N2O3Si3/c1-20(2,3)17-11-12-10-15-14(19-22(7,8)9)16-13(12)18-21(4,5)6/h10H,11H2,1-9H3. The van der Waals surface area contributed by atoms with E-state index in [0.29, 0.717) is 18.5 Å². The molecule has 0 atom stereocenters. The van der Waals surface area contributed by atoms with Gasteiger partial charge in [0.2, 0.25) is 22.5 Å². The number of rotatable bonds is 7. The first-order chi connectivity index (χ1) is 9.75. The Bertz CT molecular complexity index is 506. The van der Waals surface area contributed by atoms with Crippen LogP contribution in [-0.2, 0) is 11.0 Å². The van der Waals surface area contributed by atoms with E-state index >= 15 is 0 Å². The molecular formula is C14H30N2O3Si3. The highest BCUT2D eigenvalue weighted by atomic mass is 28.4. The highest BCUT2D eigenvalue weighted by Gasteiger charge is 2.24. The van der Waals surface area contributed by atoms with E-state index in [1.54, 1.807) is 6.20 Å². The Labute approximate surface area is 137 Å². The smallest absolute Gasteiger partial charge is 0.305 e. The summed E-state index contributed by atoms with van der Waals surface area (Å²) >= 11 is 0. The Hall–Kier alpha value is -0.709. The third kappa shape index (κ3) is 8.06. The molecule has 0 bridgehead atoms. The average Bonchev–Trinajstić information content (AvgIpc) is 2.22.